The summed E-state index contributed by atoms with van der Waals surface area (Å²) in [6.07, 6.45) is 1.24. The molecule has 2 aromatic heterocycles. The largest absolute Gasteiger partial charge is 0.755 e. The third kappa shape index (κ3) is 7.21. The highest BCUT2D eigenvalue weighted by atomic mass is 32.2. The molecule has 3 rings (SSSR count). The Balaban J connectivity index is 1.83. The van der Waals surface area contributed by atoms with Crippen molar-refractivity contribution < 1.29 is 23.1 Å². The molecule has 1 atom stereocenters. The van der Waals surface area contributed by atoms with Gasteiger partial charge in [-0.3, -0.25) is 32.4 Å². The first-order valence-electron chi connectivity index (χ1n) is 11.2. The first kappa shape index (κ1) is 28.0. The van der Waals surface area contributed by atoms with Gasteiger partial charge < -0.3 is 14.2 Å². The van der Waals surface area contributed by atoms with Crippen molar-refractivity contribution in [3.05, 3.63) is 67.8 Å². The van der Waals surface area contributed by atoms with Crippen LogP contribution in [0.1, 0.15) is 17.4 Å². The van der Waals surface area contributed by atoms with E-state index in [0.29, 0.717) is 5.69 Å². The lowest BCUT2D eigenvalue weighted by Crippen LogP contribution is -2.45. The van der Waals surface area contributed by atoms with Crippen LogP contribution in [0.5, 0.6) is 0 Å². The van der Waals surface area contributed by atoms with Gasteiger partial charge in [0.2, 0.25) is 5.91 Å². The molecule has 2 heterocycles. The Bertz CT molecular complexity index is 1400. The molecule has 37 heavy (non-hydrogen) atoms. The number of nitrogens with one attached hydrogen (secondary N) is 1. The molecule has 1 N–H and O–H groups in total. The molecule has 1 unspecified atom stereocenters. The normalized spacial score (nSPS) is 11.7. The molecule has 0 aliphatic heterocycles. The van der Waals surface area contributed by atoms with E-state index in [1.807, 2.05) is 37.3 Å². The van der Waals surface area contributed by atoms with Crippen LogP contribution in [0.25, 0.3) is 11.3 Å². The van der Waals surface area contributed by atoms with Crippen LogP contribution in [0.15, 0.2) is 46.1 Å². The molecule has 1 amide bonds. The summed E-state index contributed by atoms with van der Waals surface area (Å²) >= 11 is -1.53. The van der Waals surface area contributed by atoms with Crippen LogP contribution in [0.4, 0.5) is 5.13 Å². The maximum Gasteiger partial charge on any atom is 0.328 e. The van der Waals surface area contributed by atoms with Gasteiger partial charge in [0, 0.05) is 40.0 Å². The highest BCUT2D eigenvalue weighted by molar-refractivity contribution is 7.80. The number of thiazole rings is 1. The van der Waals surface area contributed by atoms with Crippen LogP contribution >= 0.6 is 11.3 Å². The zero-order valence-corrected chi connectivity index (χ0v) is 22.1. The van der Waals surface area contributed by atoms with Crippen molar-refractivity contribution in [1.82, 2.24) is 19.4 Å². The molecule has 198 valence electrons. The standard InChI is InChI=1S/C23H27N5O7S2/c1-4-35-19(30)14-26(18(29)13-27-12-15(2)21(31)25-22(27)32)10-11-28(37(33)34)23-24-20(16(3)36-23)17-8-6-5-7-9-17/h5-9,12H,4,10-11,13-14H2,1-3H3,(H,33,34)(H,25,31,32)/p-1. The minimum Gasteiger partial charge on any atom is -0.755 e. The van der Waals surface area contributed by atoms with E-state index in [-0.39, 0.29) is 30.4 Å². The van der Waals surface area contributed by atoms with Crippen molar-refractivity contribution in [2.45, 2.75) is 27.3 Å². The molecule has 1 aromatic carbocycles. The predicted molar refractivity (Wildman–Crippen MR) is 138 cm³/mol. The molecular formula is C23H26N5O7S2-. The number of H-pyrrole nitrogens is 1. The maximum absolute atomic E-state index is 13.0. The Morgan fingerprint density at radius 1 is 1.19 bits per heavy atom. The molecule has 0 aliphatic rings. The summed E-state index contributed by atoms with van der Waals surface area (Å²) in [6, 6.07) is 9.30. The second kappa shape index (κ2) is 12.6. The quantitative estimate of drug-likeness (QED) is 0.274. The van der Waals surface area contributed by atoms with E-state index in [0.717, 1.165) is 24.2 Å². The number of aryl methyl sites for hydroxylation is 2. The minimum absolute atomic E-state index is 0.0940. The summed E-state index contributed by atoms with van der Waals surface area (Å²) < 4.78 is 31.1. The van der Waals surface area contributed by atoms with Gasteiger partial charge in [-0.15, -0.1) is 11.3 Å². The first-order chi connectivity index (χ1) is 17.6. The van der Waals surface area contributed by atoms with Gasteiger partial charge in [0.05, 0.1) is 18.8 Å². The molecule has 0 saturated heterocycles. The number of nitrogens with zero attached hydrogens (tertiary/aromatic N) is 4. The predicted octanol–water partition coefficient (Wildman–Crippen LogP) is 0.969. The van der Waals surface area contributed by atoms with Gasteiger partial charge in [-0.05, 0) is 20.8 Å². The third-order valence-corrected chi connectivity index (χ3v) is 7.10. The molecule has 0 fully saturated rings. The summed E-state index contributed by atoms with van der Waals surface area (Å²) in [5.74, 6) is -1.33. The molecular weight excluding hydrogens is 522 g/mol. The molecule has 0 saturated carbocycles. The number of carbonyl (C=O) groups is 2. The van der Waals surface area contributed by atoms with E-state index in [1.54, 1.807) is 6.92 Å². The number of benzene rings is 1. The number of hydrogen-bond acceptors (Lipinski definition) is 9. The fourth-order valence-electron chi connectivity index (χ4n) is 3.43. The highest BCUT2D eigenvalue weighted by Crippen LogP contribution is 2.32. The van der Waals surface area contributed by atoms with Gasteiger partial charge in [0.1, 0.15) is 13.1 Å². The zero-order valence-electron chi connectivity index (χ0n) is 20.5. The summed E-state index contributed by atoms with van der Waals surface area (Å²) in [6.45, 7) is 3.73. The van der Waals surface area contributed by atoms with Crippen LogP contribution in [0.2, 0.25) is 0 Å². The fraction of sp³-hybridized carbons (Fsp3) is 0.348. The average Bonchev–Trinajstić information content (AvgIpc) is 3.23. The van der Waals surface area contributed by atoms with Crippen LogP contribution in [-0.4, -0.2) is 66.3 Å². The van der Waals surface area contributed by atoms with Crippen LogP contribution in [0, 0.1) is 13.8 Å². The lowest BCUT2D eigenvalue weighted by atomic mass is 10.1. The molecule has 0 radical (unpaired) electrons. The Morgan fingerprint density at radius 2 is 1.89 bits per heavy atom. The molecule has 0 aliphatic carbocycles. The third-order valence-electron chi connectivity index (χ3n) is 5.27. The van der Waals surface area contributed by atoms with Gasteiger partial charge in [-0.25, -0.2) is 9.78 Å². The van der Waals surface area contributed by atoms with E-state index in [1.165, 1.54) is 24.5 Å². The summed E-state index contributed by atoms with van der Waals surface area (Å²) in [7, 11) is 0. The van der Waals surface area contributed by atoms with E-state index in [9.17, 15) is 27.9 Å². The van der Waals surface area contributed by atoms with Crippen molar-refractivity contribution in [3.8, 4) is 11.3 Å². The summed E-state index contributed by atoms with van der Waals surface area (Å²) in [5, 5.41) is 0.209. The number of rotatable bonds is 11. The number of anilines is 1. The Morgan fingerprint density at radius 3 is 2.54 bits per heavy atom. The zero-order chi connectivity index (χ0) is 27.1. The van der Waals surface area contributed by atoms with Gasteiger partial charge in [-0.1, -0.05) is 30.3 Å². The SMILES string of the molecule is CCOC(=O)CN(CCN(c1nc(-c2ccccc2)c(C)s1)S(=O)[O-])C(=O)Cn1cc(C)c(=O)[nH]c1=O. The number of carbonyl (C=O) groups excluding carboxylic acids is 2. The topological polar surface area (TPSA) is 158 Å². The van der Waals surface area contributed by atoms with Crippen molar-refractivity contribution in [2.75, 3.05) is 30.5 Å². The lowest BCUT2D eigenvalue weighted by Gasteiger charge is -2.28. The molecule has 3 aromatic rings. The maximum atomic E-state index is 13.0. The molecule has 0 spiro atoms. The second-order valence-electron chi connectivity index (χ2n) is 7.91. The summed E-state index contributed by atoms with van der Waals surface area (Å²) in [4.78, 5) is 57.4. The monoisotopic (exact) mass is 548 g/mol. The molecule has 0 bridgehead atoms. The van der Waals surface area contributed by atoms with E-state index < -0.39 is 47.5 Å². The lowest BCUT2D eigenvalue weighted by molar-refractivity contribution is -0.149. The van der Waals surface area contributed by atoms with Gasteiger partial charge >= 0.3 is 11.7 Å². The first-order valence-corrected chi connectivity index (χ1v) is 13.1. The smallest absolute Gasteiger partial charge is 0.328 e. The van der Waals surface area contributed by atoms with Gasteiger partial charge in [0.15, 0.2) is 5.13 Å². The number of aromatic nitrogens is 3. The van der Waals surface area contributed by atoms with Crippen molar-refractivity contribution in [3.63, 3.8) is 0 Å². The molecule has 14 heteroatoms. The van der Waals surface area contributed by atoms with E-state index >= 15 is 0 Å². The Hall–Kier alpha value is -3.62. The Kier molecular flexibility index (Phi) is 9.49. The van der Waals surface area contributed by atoms with E-state index in [2.05, 4.69) is 9.97 Å². The number of esters is 1. The number of hydrogen-bond donors (Lipinski definition) is 1. The van der Waals surface area contributed by atoms with Crippen LogP contribution in [0.3, 0.4) is 0 Å². The second-order valence-corrected chi connectivity index (χ2v) is 9.96. The van der Waals surface area contributed by atoms with Crippen molar-refractivity contribution in [1.29, 1.82) is 0 Å². The number of amides is 1. The number of ether oxygens (including phenoxy) is 1. The van der Waals surface area contributed by atoms with Crippen LogP contribution in [-0.2, 0) is 32.1 Å². The fourth-order valence-corrected chi connectivity index (χ4v) is 4.99. The average molecular weight is 549 g/mol. The summed E-state index contributed by atoms with van der Waals surface area (Å²) in [5.41, 5.74) is 0.349. The van der Waals surface area contributed by atoms with Crippen molar-refractivity contribution >= 4 is 39.6 Å². The van der Waals surface area contributed by atoms with Gasteiger partial charge in [0.25, 0.3) is 5.56 Å². The molecule has 12 nitrogen and oxygen atoms in total. The number of aromatic amines is 1. The van der Waals surface area contributed by atoms with Gasteiger partial charge in [-0.2, -0.15) is 0 Å². The highest BCUT2D eigenvalue weighted by Gasteiger charge is 2.22. The minimum atomic E-state index is -2.72. The van der Waals surface area contributed by atoms with E-state index in [4.69, 9.17) is 4.74 Å². The van der Waals surface area contributed by atoms with Crippen LogP contribution < -0.4 is 15.6 Å². The Labute approximate surface area is 218 Å². The van der Waals surface area contributed by atoms with Crippen molar-refractivity contribution in [2.24, 2.45) is 0 Å².